The number of nitrogens with zero attached hydrogens (tertiary/aromatic N) is 4. The summed E-state index contributed by atoms with van der Waals surface area (Å²) in [6, 6.07) is 0. The van der Waals surface area contributed by atoms with Crippen molar-refractivity contribution in [3.63, 3.8) is 0 Å². The van der Waals surface area contributed by atoms with Crippen LogP contribution in [0.1, 0.15) is 39.5 Å². The van der Waals surface area contributed by atoms with Crippen molar-refractivity contribution in [3.8, 4) is 0 Å². The van der Waals surface area contributed by atoms with Gasteiger partial charge in [-0.3, -0.25) is 10.1 Å². The van der Waals surface area contributed by atoms with Crippen molar-refractivity contribution in [3.05, 3.63) is 0 Å². The summed E-state index contributed by atoms with van der Waals surface area (Å²) in [4.78, 5) is 14.0. The third kappa shape index (κ3) is 3.46. The molecule has 0 bridgehead atoms. The van der Waals surface area contributed by atoms with E-state index in [-0.39, 0.29) is 16.8 Å². The number of nitrogens with one attached hydrogen (secondary N) is 1. The molecule has 106 valence electrons. The van der Waals surface area contributed by atoms with E-state index in [1.807, 2.05) is 13.8 Å². The van der Waals surface area contributed by atoms with Crippen LogP contribution in [0.25, 0.3) is 0 Å². The minimum absolute atomic E-state index is 0.167. The fourth-order valence-corrected chi connectivity index (χ4v) is 2.42. The van der Waals surface area contributed by atoms with Gasteiger partial charge in [-0.15, -0.1) is 5.10 Å². The average Bonchev–Trinajstić information content (AvgIpc) is 2.73. The summed E-state index contributed by atoms with van der Waals surface area (Å²) in [5, 5.41) is 14.0. The molecule has 0 fully saturated rings. The number of tetrazole rings is 1. The summed E-state index contributed by atoms with van der Waals surface area (Å²) in [6.07, 6.45) is 2.86. The Kier molecular flexibility index (Phi) is 5.34. The maximum Gasteiger partial charge on any atom is 0.270 e. The van der Waals surface area contributed by atoms with Crippen LogP contribution < -0.4 is 11.1 Å². The van der Waals surface area contributed by atoms with Crippen LogP contribution in [0.2, 0.25) is 0 Å². The van der Waals surface area contributed by atoms with E-state index in [2.05, 4.69) is 20.7 Å². The first kappa shape index (κ1) is 15.5. The van der Waals surface area contributed by atoms with Gasteiger partial charge in [-0.25, -0.2) is 0 Å². The van der Waals surface area contributed by atoms with Gasteiger partial charge in [0.15, 0.2) is 0 Å². The zero-order valence-corrected chi connectivity index (χ0v) is 12.3. The van der Waals surface area contributed by atoms with Crippen LogP contribution in [0.3, 0.4) is 0 Å². The van der Waals surface area contributed by atoms with Crippen LogP contribution >= 0.6 is 12.2 Å². The lowest BCUT2D eigenvalue weighted by molar-refractivity contribution is -0.122. The fourth-order valence-electron chi connectivity index (χ4n) is 2.12. The molecule has 0 aliphatic rings. The molecule has 0 radical (unpaired) electrons. The Hall–Kier alpha value is -1.57. The predicted molar refractivity (Wildman–Crippen MR) is 76.5 cm³/mol. The van der Waals surface area contributed by atoms with Gasteiger partial charge in [0.05, 0.1) is 17.5 Å². The lowest BCUT2D eigenvalue weighted by Crippen LogP contribution is -2.46. The lowest BCUT2D eigenvalue weighted by atomic mass is 9.78. The third-order valence-electron chi connectivity index (χ3n) is 2.99. The smallest absolute Gasteiger partial charge is 0.270 e. The van der Waals surface area contributed by atoms with Crippen molar-refractivity contribution in [1.82, 2.24) is 20.2 Å². The van der Waals surface area contributed by atoms with E-state index in [4.69, 9.17) is 18.0 Å². The molecule has 1 aromatic rings. The van der Waals surface area contributed by atoms with Crippen molar-refractivity contribution in [2.45, 2.75) is 39.5 Å². The van der Waals surface area contributed by atoms with Crippen molar-refractivity contribution < 1.29 is 4.79 Å². The number of nitrogens with two attached hydrogens (primary N) is 1. The molecule has 1 heterocycles. The fraction of sp³-hybridized carbons (Fsp3) is 0.727. The lowest BCUT2D eigenvalue weighted by Gasteiger charge is -2.30. The molecule has 0 saturated carbocycles. The standard InChI is InChI=1S/C11H20N6OS/c1-4-6-11(7-5-2,8(12)19)9(18)13-10-14-16-17(3)15-10/h4-7H2,1-3H3,(H2,12,19)(H,13,15,18). The second kappa shape index (κ2) is 6.55. The van der Waals surface area contributed by atoms with E-state index < -0.39 is 5.41 Å². The summed E-state index contributed by atoms with van der Waals surface area (Å²) in [5.41, 5.74) is 4.98. The van der Waals surface area contributed by atoms with Gasteiger partial charge in [0.2, 0.25) is 5.91 Å². The second-order valence-corrected chi connectivity index (χ2v) is 4.94. The molecule has 0 atom stereocenters. The highest BCUT2D eigenvalue weighted by molar-refractivity contribution is 7.80. The molecular formula is C11H20N6OS. The van der Waals surface area contributed by atoms with Crippen molar-refractivity contribution >= 4 is 29.1 Å². The van der Waals surface area contributed by atoms with Crippen LogP contribution in [0.5, 0.6) is 0 Å². The number of rotatable bonds is 7. The van der Waals surface area contributed by atoms with Gasteiger partial charge in [-0.1, -0.05) is 44.0 Å². The number of carbonyl (C=O) groups excluding carboxylic acids is 1. The molecule has 1 rings (SSSR count). The molecule has 19 heavy (non-hydrogen) atoms. The molecule has 0 aliphatic carbocycles. The predicted octanol–water partition coefficient (Wildman–Crippen LogP) is 1.02. The van der Waals surface area contributed by atoms with E-state index in [0.717, 1.165) is 12.8 Å². The van der Waals surface area contributed by atoms with E-state index >= 15 is 0 Å². The Labute approximate surface area is 117 Å². The quantitative estimate of drug-likeness (QED) is 0.725. The summed E-state index contributed by atoms with van der Waals surface area (Å²) >= 11 is 5.11. The maximum absolute atomic E-state index is 12.5. The number of aryl methyl sites for hydroxylation is 1. The molecule has 8 heteroatoms. The summed E-state index contributed by atoms with van der Waals surface area (Å²) in [7, 11) is 1.63. The molecule has 0 saturated heterocycles. The van der Waals surface area contributed by atoms with E-state index in [0.29, 0.717) is 12.8 Å². The normalized spacial score (nSPS) is 11.3. The number of aromatic nitrogens is 4. The van der Waals surface area contributed by atoms with Gasteiger partial charge in [-0.2, -0.15) is 4.80 Å². The van der Waals surface area contributed by atoms with Crippen LogP contribution in [-0.4, -0.2) is 31.1 Å². The van der Waals surface area contributed by atoms with Gasteiger partial charge in [0, 0.05) is 0 Å². The molecule has 1 aromatic heterocycles. The number of anilines is 1. The Morgan fingerprint density at radius 3 is 2.37 bits per heavy atom. The molecule has 0 unspecified atom stereocenters. The molecule has 0 aromatic carbocycles. The number of amides is 1. The van der Waals surface area contributed by atoms with Gasteiger partial charge < -0.3 is 5.73 Å². The van der Waals surface area contributed by atoms with E-state index in [1.54, 1.807) is 7.05 Å². The minimum Gasteiger partial charge on any atom is -0.392 e. The highest BCUT2D eigenvalue weighted by Crippen LogP contribution is 2.31. The Bertz CT molecular complexity index is 452. The van der Waals surface area contributed by atoms with Crippen LogP contribution in [-0.2, 0) is 11.8 Å². The molecule has 3 N–H and O–H groups in total. The van der Waals surface area contributed by atoms with Crippen molar-refractivity contribution in [2.75, 3.05) is 5.32 Å². The topological polar surface area (TPSA) is 98.7 Å². The average molecular weight is 284 g/mol. The number of carbonyl (C=O) groups is 1. The minimum atomic E-state index is -0.835. The Morgan fingerprint density at radius 1 is 1.42 bits per heavy atom. The Morgan fingerprint density at radius 2 is 2.00 bits per heavy atom. The zero-order chi connectivity index (χ0) is 14.5. The third-order valence-corrected chi connectivity index (χ3v) is 3.38. The zero-order valence-electron chi connectivity index (χ0n) is 11.5. The highest BCUT2D eigenvalue weighted by atomic mass is 32.1. The highest BCUT2D eigenvalue weighted by Gasteiger charge is 2.40. The van der Waals surface area contributed by atoms with Gasteiger partial charge >= 0.3 is 0 Å². The maximum atomic E-state index is 12.5. The summed E-state index contributed by atoms with van der Waals surface area (Å²) < 4.78 is 0. The molecule has 7 nitrogen and oxygen atoms in total. The van der Waals surface area contributed by atoms with Gasteiger partial charge in [-0.05, 0) is 18.1 Å². The largest absolute Gasteiger partial charge is 0.392 e. The first-order chi connectivity index (χ1) is 8.96. The summed E-state index contributed by atoms with van der Waals surface area (Å²) in [6.45, 7) is 3.99. The van der Waals surface area contributed by atoms with Gasteiger partial charge in [0.25, 0.3) is 5.95 Å². The number of hydrogen-bond donors (Lipinski definition) is 2. The number of thiocarbonyl (C=S) groups is 1. The van der Waals surface area contributed by atoms with Crippen LogP contribution in [0.15, 0.2) is 0 Å². The first-order valence-corrected chi connectivity index (χ1v) is 6.72. The molecular weight excluding hydrogens is 264 g/mol. The van der Waals surface area contributed by atoms with Crippen molar-refractivity contribution in [2.24, 2.45) is 18.2 Å². The summed E-state index contributed by atoms with van der Waals surface area (Å²) in [5.74, 6) is -0.0861. The van der Waals surface area contributed by atoms with E-state index in [9.17, 15) is 4.79 Å². The van der Waals surface area contributed by atoms with Gasteiger partial charge in [0.1, 0.15) is 0 Å². The van der Waals surface area contributed by atoms with E-state index in [1.165, 1.54) is 4.80 Å². The Balaban J connectivity index is 2.95. The molecule has 0 spiro atoms. The molecule has 0 aliphatic heterocycles. The number of hydrogen-bond acceptors (Lipinski definition) is 5. The first-order valence-electron chi connectivity index (χ1n) is 6.31. The molecule has 1 amide bonds. The van der Waals surface area contributed by atoms with Crippen LogP contribution in [0.4, 0.5) is 5.95 Å². The second-order valence-electron chi connectivity index (χ2n) is 4.50. The van der Waals surface area contributed by atoms with Crippen molar-refractivity contribution in [1.29, 1.82) is 0 Å². The monoisotopic (exact) mass is 284 g/mol. The SMILES string of the molecule is CCCC(CCC)(C(=O)Nc1nnn(C)n1)C(N)=S. The van der Waals surface area contributed by atoms with Crippen LogP contribution in [0, 0.1) is 5.41 Å².